The summed E-state index contributed by atoms with van der Waals surface area (Å²) in [6, 6.07) is 0. The molecule has 0 heterocycles. The largest absolute Gasteiger partial charge is 0.469 e. The molecule has 0 bridgehead atoms. The van der Waals surface area contributed by atoms with E-state index in [1.807, 2.05) is 13.8 Å². The van der Waals surface area contributed by atoms with Gasteiger partial charge in [0.15, 0.2) is 0 Å². The van der Waals surface area contributed by atoms with Crippen molar-refractivity contribution in [2.45, 2.75) is 40.5 Å². The third-order valence-electron chi connectivity index (χ3n) is 2.58. The summed E-state index contributed by atoms with van der Waals surface area (Å²) in [5.41, 5.74) is 0. The maximum absolute atomic E-state index is 11.5. The molecule has 0 radical (unpaired) electrons. The second kappa shape index (κ2) is 8.09. The molecule has 100 valence electrons. The molecule has 0 aromatic carbocycles. The first kappa shape index (κ1) is 15.9. The van der Waals surface area contributed by atoms with Crippen molar-refractivity contribution >= 4 is 11.9 Å². The van der Waals surface area contributed by atoms with Crippen molar-refractivity contribution in [3.05, 3.63) is 0 Å². The smallest absolute Gasteiger partial charge is 0.305 e. The maximum Gasteiger partial charge on any atom is 0.305 e. The van der Waals surface area contributed by atoms with Crippen molar-refractivity contribution < 1.29 is 14.3 Å². The predicted molar refractivity (Wildman–Crippen MR) is 67.4 cm³/mol. The van der Waals surface area contributed by atoms with Gasteiger partial charge in [0.2, 0.25) is 5.91 Å². The summed E-state index contributed by atoms with van der Waals surface area (Å²) in [5.74, 6) is 0.455. The van der Waals surface area contributed by atoms with Crippen LogP contribution in [0.1, 0.15) is 40.5 Å². The second-order valence-corrected chi connectivity index (χ2v) is 5.18. The van der Waals surface area contributed by atoms with E-state index in [4.69, 9.17) is 0 Å². The van der Waals surface area contributed by atoms with Crippen LogP contribution in [0.5, 0.6) is 0 Å². The normalized spacial score (nSPS) is 12.6. The number of hydrogen-bond acceptors (Lipinski definition) is 3. The molecular formula is C13H25NO3. The number of esters is 1. The molecule has 0 aromatic rings. The topological polar surface area (TPSA) is 55.4 Å². The molecule has 0 saturated carbocycles. The van der Waals surface area contributed by atoms with Gasteiger partial charge in [-0.1, -0.05) is 27.7 Å². The van der Waals surface area contributed by atoms with E-state index in [-0.39, 0.29) is 23.7 Å². The third-order valence-corrected chi connectivity index (χ3v) is 2.58. The van der Waals surface area contributed by atoms with Crippen LogP contribution in [0.25, 0.3) is 0 Å². The van der Waals surface area contributed by atoms with Crippen LogP contribution in [0.4, 0.5) is 0 Å². The van der Waals surface area contributed by atoms with Crippen molar-refractivity contribution in [3.63, 3.8) is 0 Å². The van der Waals surface area contributed by atoms with Gasteiger partial charge in [-0.3, -0.25) is 9.59 Å². The highest BCUT2D eigenvalue weighted by molar-refractivity contribution is 5.77. The molecule has 1 atom stereocenters. The molecule has 17 heavy (non-hydrogen) atoms. The van der Waals surface area contributed by atoms with Crippen LogP contribution in [0.3, 0.4) is 0 Å². The van der Waals surface area contributed by atoms with Crippen LogP contribution in [0, 0.1) is 17.8 Å². The number of amides is 1. The van der Waals surface area contributed by atoms with E-state index >= 15 is 0 Å². The highest BCUT2D eigenvalue weighted by atomic mass is 16.5. The lowest BCUT2D eigenvalue weighted by atomic mass is 9.94. The Morgan fingerprint density at radius 2 is 1.76 bits per heavy atom. The van der Waals surface area contributed by atoms with E-state index in [2.05, 4.69) is 23.9 Å². The summed E-state index contributed by atoms with van der Waals surface area (Å²) in [4.78, 5) is 22.7. The Bertz CT molecular complexity index is 249. The van der Waals surface area contributed by atoms with Crippen molar-refractivity contribution in [1.29, 1.82) is 0 Å². The van der Waals surface area contributed by atoms with Gasteiger partial charge in [-0.25, -0.2) is 0 Å². The number of ether oxygens (including phenoxy) is 1. The minimum atomic E-state index is -0.213. The summed E-state index contributed by atoms with van der Waals surface area (Å²) in [6.45, 7) is 8.47. The Hall–Kier alpha value is -1.06. The van der Waals surface area contributed by atoms with Gasteiger partial charge in [-0.15, -0.1) is 0 Å². The molecule has 1 N–H and O–H groups in total. The summed E-state index contributed by atoms with van der Waals surface area (Å²) < 4.78 is 4.66. The van der Waals surface area contributed by atoms with E-state index in [0.717, 1.165) is 6.42 Å². The summed E-state index contributed by atoms with van der Waals surface area (Å²) in [5, 5.41) is 2.87. The highest BCUT2D eigenvalue weighted by Crippen LogP contribution is 2.15. The molecule has 4 nitrogen and oxygen atoms in total. The van der Waals surface area contributed by atoms with Crippen LogP contribution >= 0.6 is 0 Å². The second-order valence-electron chi connectivity index (χ2n) is 5.18. The van der Waals surface area contributed by atoms with Gasteiger partial charge < -0.3 is 10.1 Å². The van der Waals surface area contributed by atoms with Crippen molar-refractivity contribution in [3.8, 4) is 0 Å². The van der Waals surface area contributed by atoms with Gasteiger partial charge in [0.1, 0.15) is 0 Å². The zero-order chi connectivity index (χ0) is 13.4. The van der Waals surface area contributed by atoms with Crippen LogP contribution in [-0.4, -0.2) is 25.5 Å². The van der Waals surface area contributed by atoms with Gasteiger partial charge >= 0.3 is 5.97 Å². The Labute approximate surface area is 104 Å². The van der Waals surface area contributed by atoms with Gasteiger partial charge in [-0.05, 0) is 18.3 Å². The average Bonchev–Trinajstić information content (AvgIpc) is 2.24. The van der Waals surface area contributed by atoms with Crippen molar-refractivity contribution in [1.82, 2.24) is 5.32 Å². The van der Waals surface area contributed by atoms with E-state index in [0.29, 0.717) is 18.9 Å². The van der Waals surface area contributed by atoms with Crippen LogP contribution in [-0.2, 0) is 14.3 Å². The Morgan fingerprint density at radius 3 is 2.18 bits per heavy atom. The minimum absolute atomic E-state index is 0.0205. The van der Waals surface area contributed by atoms with Crippen LogP contribution in [0.2, 0.25) is 0 Å². The molecule has 0 aliphatic carbocycles. The number of hydrogen-bond donors (Lipinski definition) is 1. The first-order valence-corrected chi connectivity index (χ1v) is 6.21. The molecule has 0 aliphatic rings. The monoisotopic (exact) mass is 243 g/mol. The Balaban J connectivity index is 4.19. The fourth-order valence-corrected chi connectivity index (χ4v) is 1.67. The summed E-state index contributed by atoms with van der Waals surface area (Å²) >= 11 is 0. The lowest BCUT2D eigenvalue weighted by molar-refractivity contribution is -0.142. The molecule has 0 spiro atoms. The first-order chi connectivity index (χ1) is 7.86. The van der Waals surface area contributed by atoms with Gasteiger partial charge in [-0.2, -0.15) is 0 Å². The van der Waals surface area contributed by atoms with Crippen LogP contribution < -0.4 is 5.32 Å². The van der Waals surface area contributed by atoms with E-state index in [9.17, 15) is 9.59 Å². The van der Waals surface area contributed by atoms with Gasteiger partial charge in [0, 0.05) is 18.9 Å². The minimum Gasteiger partial charge on any atom is -0.469 e. The molecule has 0 rings (SSSR count). The Morgan fingerprint density at radius 1 is 1.18 bits per heavy atom. The zero-order valence-corrected chi connectivity index (χ0v) is 11.6. The van der Waals surface area contributed by atoms with Crippen LogP contribution in [0.15, 0.2) is 0 Å². The molecule has 0 aliphatic heterocycles. The van der Waals surface area contributed by atoms with Crippen molar-refractivity contribution in [2.75, 3.05) is 13.7 Å². The number of carbonyl (C=O) groups excluding carboxylic acids is 2. The lowest BCUT2D eigenvalue weighted by Crippen LogP contribution is -2.33. The van der Waals surface area contributed by atoms with Gasteiger partial charge in [0.05, 0.1) is 7.11 Å². The first-order valence-electron chi connectivity index (χ1n) is 6.21. The zero-order valence-electron chi connectivity index (χ0n) is 11.6. The predicted octanol–water partition coefficient (Wildman–Crippen LogP) is 1.98. The standard InChI is InChI=1S/C13H25NO3/c1-9(2)6-11(7-12(15)17-5)8-14-13(16)10(3)4/h9-11H,6-8H2,1-5H3,(H,14,16)/t11-/m0/s1. The number of methoxy groups -OCH3 is 1. The van der Waals surface area contributed by atoms with Crippen molar-refractivity contribution in [2.24, 2.45) is 17.8 Å². The fraction of sp³-hybridized carbons (Fsp3) is 0.846. The average molecular weight is 243 g/mol. The fourth-order valence-electron chi connectivity index (χ4n) is 1.67. The summed E-state index contributed by atoms with van der Waals surface area (Å²) in [7, 11) is 1.39. The third kappa shape index (κ3) is 7.77. The van der Waals surface area contributed by atoms with E-state index in [1.165, 1.54) is 7.11 Å². The van der Waals surface area contributed by atoms with E-state index < -0.39 is 0 Å². The van der Waals surface area contributed by atoms with Gasteiger partial charge in [0.25, 0.3) is 0 Å². The number of nitrogens with one attached hydrogen (secondary N) is 1. The SMILES string of the molecule is COC(=O)C[C@@H](CNC(=O)C(C)C)CC(C)C. The quantitative estimate of drug-likeness (QED) is 0.696. The molecule has 0 saturated heterocycles. The molecule has 1 amide bonds. The molecule has 4 heteroatoms. The molecule has 0 aromatic heterocycles. The number of carbonyl (C=O) groups is 2. The molecule has 0 fully saturated rings. The highest BCUT2D eigenvalue weighted by Gasteiger charge is 2.17. The summed E-state index contributed by atoms with van der Waals surface area (Å²) in [6.07, 6.45) is 1.28. The maximum atomic E-state index is 11.5. The number of rotatable bonds is 7. The Kier molecular flexibility index (Phi) is 7.59. The van der Waals surface area contributed by atoms with E-state index in [1.54, 1.807) is 0 Å². The lowest BCUT2D eigenvalue weighted by Gasteiger charge is -2.19. The molecule has 0 unspecified atom stereocenters. The molecular weight excluding hydrogens is 218 g/mol.